The van der Waals surface area contributed by atoms with E-state index in [2.05, 4.69) is 31.4 Å². The molecule has 0 saturated heterocycles. The van der Waals surface area contributed by atoms with Gasteiger partial charge in [-0.05, 0) is 0 Å². The van der Waals surface area contributed by atoms with Crippen molar-refractivity contribution >= 4 is 31.4 Å². The summed E-state index contributed by atoms with van der Waals surface area (Å²) in [7, 11) is 12.8. The van der Waals surface area contributed by atoms with E-state index in [0.29, 0.717) is 0 Å². The molecule has 0 amide bonds. The second-order valence-electron chi connectivity index (χ2n) is 0. The van der Waals surface area contributed by atoms with Crippen molar-refractivity contribution in [3.63, 3.8) is 0 Å². The third-order valence-electron chi connectivity index (χ3n) is 0. The van der Waals surface area contributed by atoms with Crippen molar-refractivity contribution in [2.24, 2.45) is 0 Å². The molecule has 0 spiro atoms. The summed E-state index contributed by atoms with van der Waals surface area (Å²) in [5.74, 6) is 0. The van der Waals surface area contributed by atoms with Crippen LogP contribution in [-0.4, -0.2) is 0 Å². The Labute approximate surface area is 79.4 Å². The van der Waals surface area contributed by atoms with Crippen LogP contribution in [-0.2, 0) is 17.3 Å². The van der Waals surface area contributed by atoms with Crippen LogP contribution in [0.3, 0.4) is 0 Å². The predicted octanol–water partition coefficient (Wildman–Crippen LogP) is 2.88. The van der Waals surface area contributed by atoms with E-state index in [0.717, 1.165) is 0 Å². The fourth-order valence-corrected chi connectivity index (χ4v) is 0. The van der Waals surface area contributed by atoms with Crippen LogP contribution >= 0.6 is 31.4 Å². The SMILES string of the molecule is ClCl.N.N.N.N.N.[Cl][Ru]. The molecule has 0 fully saturated rings. The van der Waals surface area contributed by atoms with Gasteiger partial charge in [-0.25, -0.2) is 0 Å². The van der Waals surface area contributed by atoms with Crippen molar-refractivity contribution in [3.05, 3.63) is 0 Å². The molecule has 0 rings (SSSR count). The van der Waals surface area contributed by atoms with Gasteiger partial charge in [0.1, 0.15) is 0 Å². The minimum absolute atomic E-state index is 0. The van der Waals surface area contributed by atoms with Crippen LogP contribution in [0, 0.1) is 0 Å². The average molecular weight is 293 g/mol. The van der Waals surface area contributed by atoms with E-state index < -0.39 is 0 Å². The maximum absolute atomic E-state index is 4.57. The van der Waals surface area contributed by atoms with Gasteiger partial charge in [-0.2, -0.15) is 0 Å². The molecule has 0 heterocycles. The Morgan fingerprint density at radius 3 is 0.556 bits per heavy atom. The first-order chi connectivity index (χ1) is 2.00. The van der Waals surface area contributed by atoms with Crippen LogP contribution in [0.4, 0.5) is 0 Å². The maximum atomic E-state index is 4.57. The predicted molar refractivity (Wildman–Crippen MR) is 42.7 cm³/mol. The number of hydrogen-bond donors (Lipinski definition) is 5. The zero-order chi connectivity index (χ0) is 4.00. The first-order valence-corrected chi connectivity index (χ1v) is 3.66. The van der Waals surface area contributed by atoms with Crippen LogP contribution in [0.15, 0.2) is 0 Å². The molecule has 0 aliphatic carbocycles. The first-order valence-electron chi connectivity index (χ1n) is 0.276. The molecule has 9 heavy (non-hydrogen) atoms. The van der Waals surface area contributed by atoms with E-state index in [1.54, 1.807) is 0 Å². The number of rotatable bonds is 0. The van der Waals surface area contributed by atoms with Gasteiger partial charge in [0.05, 0.1) is 0 Å². The summed E-state index contributed by atoms with van der Waals surface area (Å²) < 4.78 is 0. The number of halogens is 3. The van der Waals surface area contributed by atoms with E-state index in [9.17, 15) is 0 Å². The van der Waals surface area contributed by atoms with E-state index in [-0.39, 0.29) is 30.8 Å². The van der Waals surface area contributed by atoms with Gasteiger partial charge < -0.3 is 30.8 Å². The molecule has 0 unspecified atom stereocenters. The molecule has 5 nitrogen and oxygen atoms in total. The average Bonchev–Trinajstić information content (AvgIpc) is 1.50. The molecule has 0 saturated carbocycles. The summed E-state index contributed by atoms with van der Waals surface area (Å²) in [5.41, 5.74) is 0. The van der Waals surface area contributed by atoms with Crippen LogP contribution in [0.2, 0.25) is 0 Å². The monoisotopic (exact) mass is 292 g/mol. The second-order valence-corrected chi connectivity index (χ2v) is 0. The van der Waals surface area contributed by atoms with E-state index in [1.165, 1.54) is 0 Å². The Bertz CT molecular complexity index is 12.2. The topological polar surface area (TPSA) is 175 Å². The molecule has 0 aromatic carbocycles. The van der Waals surface area contributed by atoms with Crippen molar-refractivity contribution in [1.29, 1.82) is 0 Å². The van der Waals surface area contributed by atoms with Gasteiger partial charge in [-0.15, -0.1) is 0 Å². The summed E-state index contributed by atoms with van der Waals surface area (Å²) in [6, 6.07) is 0. The van der Waals surface area contributed by atoms with Gasteiger partial charge in [0.25, 0.3) is 0 Å². The minimum atomic E-state index is 0. The summed E-state index contributed by atoms with van der Waals surface area (Å²) >= 11 is 1.82. The third kappa shape index (κ3) is 296. The molecule has 0 aromatic rings. The van der Waals surface area contributed by atoms with Crippen molar-refractivity contribution in [1.82, 2.24) is 30.8 Å². The molecule has 0 atom stereocenters. The quantitative estimate of drug-likeness (QED) is 0.430. The standard InChI is InChI=1S/Cl2.ClH.5H3N.Ru/c1-2;;;;;;;/h;1H;5*1H3;/q;;;;;;;+1/p-1. The Morgan fingerprint density at radius 2 is 0.556 bits per heavy atom. The normalized spacial score (nSPS) is 1.33. The second kappa shape index (κ2) is 382. The summed E-state index contributed by atoms with van der Waals surface area (Å²) in [5, 5.41) is 0. The fourth-order valence-electron chi connectivity index (χ4n) is 0. The third-order valence-corrected chi connectivity index (χ3v) is 0. The van der Waals surface area contributed by atoms with Crippen LogP contribution in [0.5, 0.6) is 0 Å². The first kappa shape index (κ1) is 82.0. The van der Waals surface area contributed by atoms with Crippen molar-refractivity contribution in [3.8, 4) is 0 Å². The van der Waals surface area contributed by atoms with E-state index in [4.69, 9.17) is 0 Å². The molecule has 0 aromatic heterocycles. The van der Waals surface area contributed by atoms with Crippen LogP contribution < -0.4 is 30.8 Å². The van der Waals surface area contributed by atoms with Gasteiger partial charge in [-0.1, -0.05) is 0 Å². The molecule has 0 aliphatic rings. The molecule has 0 aliphatic heterocycles. The summed E-state index contributed by atoms with van der Waals surface area (Å²) in [4.78, 5) is 0. The molecule has 9 heteroatoms. The van der Waals surface area contributed by atoms with Crippen molar-refractivity contribution in [2.75, 3.05) is 0 Å². The fraction of sp³-hybridized carbons (Fsp3) is 0. The van der Waals surface area contributed by atoms with Gasteiger partial charge in [0, 0.05) is 21.7 Å². The van der Waals surface area contributed by atoms with E-state index in [1.807, 2.05) is 17.3 Å². The zero-order valence-corrected chi connectivity index (χ0v) is 9.03. The van der Waals surface area contributed by atoms with Crippen LogP contribution in [0.25, 0.3) is 0 Å². The molecule has 69 valence electrons. The summed E-state index contributed by atoms with van der Waals surface area (Å²) in [6.45, 7) is 0. The molecule has 15 N–H and O–H groups in total. The molecule has 0 bridgehead atoms. The Kier molecular flexibility index (Phi) is 3480. The number of hydrogen-bond acceptors (Lipinski definition) is 5. The molecular formula is H15Cl3N5Ru. The van der Waals surface area contributed by atoms with E-state index >= 15 is 0 Å². The Balaban J connectivity index is -0.00000000114. The van der Waals surface area contributed by atoms with Crippen molar-refractivity contribution in [2.45, 2.75) is 0 Å². The van der Waals surface area contributed by atoms with Crippen LogP contribution in [0.1, 0.15) is 0 Å². The molecular weight excluding hydrogens is 277 g/mol. The zero-order valence-electron chi connectivity index (χ0n) is 5.02. The molecule has 0 radical (unpaired) electrons. The van der Waals surface area contributed by atoms with Gasteiger partial charge in [-0.3, -0.25) is 0 Å². The van der Waals surface area contributed by atoms with Gasteiger partial charge in [0.2, 0.25) is 0 Å². The van der Waals surface area contributed by atoms with Gasteiger partial charge in [0.15, 0.2) is 0 Å². The Morgan fingerprint density at radius 1 is 0.556 bits per heavy atom. The Hall–Kier alpha value is 1.29. The van der Waals surface area contributed by atoms with Crippen molar-refractivity contribution < 1.29 is 17.3 Å². The van der Waals surface area contributed by atoms with Gasteiger partial charge >= 0.3 is 27.0 Å². The summed E-state index contributed by atoms with van der Waals surface area (Å²) in [6.07, 6.45) is 0.